The number of amides is 1. The van der Waals surface area contributed by atoms with Gasteiger partial charge in [-0.05, 0) is 31.2 Å². The van der Waals surface area contributed by atoms with Gasteiger partial charge in [-0.3, -0.25) is 4.79 Å². The van der Waals surface area contributed by atoms with Crippen LogP contribution in [0.25, 0.3) is 0 Å². The lowest BCUT2D eigenvalue weighted by atomic mass is 10.2. The molecule has 0 saturated carbocycles. The van der Waals surface area contributed by atoms with Crippen molar-refractivity contribution in [2.24, 2.45) is 0 Å². The number of para-hydroxylation sites is 2. The van der Waals surface area contributed by atoms with E-state index in [0.29, 0.717) is 31.1 Å². The van der Waals surface area contributed by atoms with Crippen molar-refractivity contribution in [3.8, 4) is 11.5 Å². The lowest BCUT2D eigenvalue weighted by molar-refractivity contribution is 0.0947. The first-order chi connectivity index (χ1) is 10.3. The summed E-state index contributed by atoms with van der Waals surface area (Å²) < 4.78 is 11.1. The van der Waals surface area contributed by atoms with Crippen molar-refractivity contribution in [3.63, 3.8) is 0 Å². The van der Waals surface area contributed by atoms with Gasteiger partial charge in [0.2, 0.25) is 0 Å². The summed E-state index contributed by atoms with van der Waals surface area (Å²) in [5.41, 5.74) is 0.646. The fraction of sp³-hybridized carbons (Fsp3) is 0.235. The minimum atomic E-state index is -0.0997. The van der Waals surface area contributed by atoms with E-state index in [1.54, 1.807) is 12.1 Å². The topological polar surface area (TPSA) is 47.6 Å². The fourth-order valence-corrected chi connectivity index (χ4v) is 1.86. The summed E-state index contributed by atoms with van der Waals surface area (Å²) in [5, 5.41) is 2.82. The number of carbonyl (C=O) groups is 1. The van der Waals surface area contributed by atoms with Crippen molar-refractivity contribution in [3.05, 3.63) is 60.2 Å². The molecule has 0 bridgehead atoms. The third kappa shape index (κ3) is 4.53. The normalized spacial score (nSPS) is 9.95. The summed E-state index contributed by atoms with van der Waals surface area (Å²) in [6, 6.07) is 16.6. The molecule has 0 atom stereocenters. The Bertz CT molecular complexity index is 569. The van der Waals surface area contributed by atoms with Gasteiger partial charge in [0.1, 0.15) is 6.61 Å². The molecule has 0 aromatic heterocycles. The maximum Gasteiger partial charge on any atom is 0.251 e. The van der Waals surface area contributed by atoms with E-state index < -0.39 is 0 Å². The highest BCUT2D eigenvalue weighted by Crippen LogP contribution is 2.25. The van der Waals surface area contributed by atoms with Crippen molar-refractivity contribution in [1.82, 2.24) is 5.32 Å². The molecule has 110 valence electrons. The van der Waals surface area contributed by atoms with Gasteiger partial charge < -0.3 is 14.8 Å². The standard InChI is InChI=1S/C17H19NO3/c1-2-20-15-10-6-7-11-16(15)21-13-12-18-17(19)14-8-4-3-5-9-14/h3-11H,2,12-13H2,1H3,(H,18,19). The number of carbonyl (C=O) groups excluding carboxylic acids is 1. The van der Waals surface area contributed by atoms with Gasteiger partial charge in [0.15, 0.2) is 11.5 Å². The molecule has 0 heterocycles. The Morgan fingerprint density at radius 1 is 0.952 bits per heavy atom. The Morgan fingerprint density at radius 3 is 2.24 bits per heavy atom. The Balaban J connectivity index is 1.79. The van der Waals surface area contributed by atoms with Crippen LogP contribution in [0.5, 0.6) is 11.5 Å². The lowest BCUT2D eigenvalue weighted by Gasteiger charge is -2.12. The summed E-state index contributed by atoms with van der Waals surface area (Å²) in [6.07, 6.45) is 0. The van der Waals surface area contributed by atoms with E-state index >= 15 is 0 Å². The quantitative estimate of drug-likeness (QED) is 0.796. The summed E-state index contributed by atoms with van der Waals surface area (Å²) in [4.78, 5) is 11.8. The molecule has 0 radical (unpaired) electrons. The van der Waals surface area contributed by atoms with Crippen molar-refractivity contribution in [2.45, 2.75) is 6.92 Å². The zero-order valence-corrected chi connectivity index (χ0v) is 12.0. The fourth-order valence-electron chi connectivity index (χ4n) is 1.86. The smallest absolute Gasteiger partial charge is 0.251 e. The zero-order chi connectivity index (χ0) is 14.9. The van der Waals surface area contributed by atoms with Gasteiger partial charge in [-0.1, -0.05) is 30.3 Å². The molecule has 2 aromatic carbocycles. The van der Waals surface area contributed by atoms with Crippen LogP contribution in [-0.4, -0.2) is 25.7 Å². The molecule has 0 aliphatic heterocycles. The molecule has 0 fully saturated rings. The number of hydrogen-bond acceptors (Lipinski definition) is 3. The molecule has 1 amide bonds. The second-order valence-electron chi connectivity index (χ2n) is 4.35. The maximum absolute atomic E-state index is 11.8. The molecule has 0 aliphatic carbocycles. The molecule has 0 spiro atoms. The predicted octanol–water partition coefficient (Wildman–Crippen LogP) is 2.89. The Kier molecular flexibility index (Phi) is 5.64. The lowest BCUT2D eigenvalue weighted by Crippen LogP contribution is -2.28. The van der Waals surface area contributed by atoms with E-state index in [0.717, 1.165) is 5.75 Å². The van der Waals surface area contributed by atoms with E-state index in [4.69, 9.17) is 9.47 Å². The number of hydrogen-bond donors (Lipinski definition) is 1. The monoisotopic (exact) mass is 285 g/mol. The summed E-state index contributed by atoms with van der Waals surface area (Å²) in [6.45, 7) is 3.35. The molecule has 0 unspecified atom stereocenters. The van der Waals surface area contributed by atoms with Gasteiger partial charge in [0.25, 0.3) is 5.91 Å². The van der Waals surface area contributed by atoms with Crippen LogP contribution < -0.4 is 14.8 Å². The highest BCUT2D eigenvalue weighted by atomic mass is 16.5. The minimum Gasteiger partial charge on any atom is -0.490 e. The second kappa shape index (κ2) is 7.94. The Hall–Kier alpha value is -2.49. The minimum absolute atomic E-state index is 0.0997. The van der Waals surface area contributed by atoms with Crippen LogP contribution in [0.2, 0.25) is 0 Å². The molecule has 1 N–H and O–H groups in total. The average molecular weight is 285 g/mol. The molecule has 0 aliphatic rings. The number of benzene rings is 2. The van der Waals surface area contributed by atoms with Crippen LogP contribution in [0.4, 0.5) is 0 Å². The van der Waals surface area contributed by atoms with Crippen molar-refractivity contribution < 1.29 is 14.3 Å². The van der Waals surface area contributed by atoms with Gasteiger partial charge in [0.05, 0.1) is 13.2 Å². The van der Waals surface area contributed by atoms with Gasteiger partial charge in [-0.2, -0.15) is 0 Å². The maximum atomic E-state index is 11.8. The number of nitrogens with one attached hydrogen (secondary N) is 1. The molecule has 21 heavy (non-hydrogen) atoms. The van der Waals surface area contributed by atoms with E-state index in [9.17, 15) is 4.79 Å². The average Bonchev–Trinajstić information content (AvgIpc) is 2.54. The van der Waals surface area contributed by atoms with Gasteiger partial charge in [0, 0.05) is 5.56 Å². The van der Waals surface area contributed by atoms with Crippen molar-refractivity contribution in [1.29, 1.82) is 0 Å². The number of rotatable bonds is 7. The highest BCUT2D eigenvalue weighted by molar-refractivity contribution is 5.94. The summed E-state index contributed by atoms with van der Waals surface area (Å²) in [7, 11) is 0. The first kappa shape index (κ1) is 14.9. The summed E-state index contributed by atoms with van der Waals surface area (Å²) in [5.74, 6) is 1.31. The molecule has 2 aromatic rings. The third-order valence-corrected chi connectivity index (χ3v) is 2.83. The molecule has 4 heteroatoms. The van der Waals surface area contributed by atoms with Crippen LogP contribution in [0.15, 0.2) is 54.6 Å². The van der Waals surface area contributed by atoms with Gasteiger partial charge >= 0.3 is 0 Å². The molecular weight excluding hydrogens is 266 g/mol. The first-order valence-electron chi connectivity index (χ1n) is 6.99. The molecule has 4 nitrogen and oxygen atoms in total. The summed E-state index contributed by atoms with van der Waals surface area (Å²) >= 11 is 0. The van der Waals surface area contributed by atoms with Crippen molar-refractivity contribution in [2.75, 3.05) is 19.8 Å². The van der Waals surface area contributed by atoms with E-state index in [2.05, 4.69) is 5.32 Å². The number of ether oxygens (including phenoxy) is 2. The van der Waals surface area contributed by atoms with Gasteiger partial charge in [-0.15, -0.1) is 0 Å². The van der Waals surface area contributed by atoms with Crippen molar-refractivity contribution >= 4 is 5.91 Å². The molecular formula is C17H19NO3. The van der Waals surface area contributed by atoms with E-state index in [1.807, 2.05) is 49.4 Å². The largest absolute Gasteiger partial charge is 0.490 e. The molecule has 2 rings (SSSR count). The van der Waals surface area contributed by atoms with E-state index in [1.165, 1.54) is 0 Å². The SMILES string of the molecule is CCOc1ccccc1OCCNC(=O)c1ccccc1. The van der Waals surface area contributed by atoms with Gasteiger partial charge in [-0.25, -0.2) is 0 Å². The van der Waals surface area contributed by atoms with Crippen LogP contribution in [0.1, 0.15) is 17.3 Å². The second-order valence-corrected chi connectivity index (χ2v) is 4.35. The van der Waals surface area contributed by atoms with Crippen LogP contribution in [-0.2, 0) is 0 Å². The Morgan fingerprint density at radius 2 is 1.57 bits per heavy atom. The third-order valence-electron chi connectivity index (χ3n) is 2.83. The highest BCUT2D eigenvalue weighted by Gasteiger charge is 2.05. The predicted molar refractivity (Wildman–Crippen MR) is 81.9 cm³/mol. The van der Waals surface area contributed by atoms with Crippen LogP contribution in [0, 0.1) is 0 Å². The van der Waals surface area contributed by atoms with Crippen LogP contribution in [0.3, 0.4) is 0 Å². The first-order valence-corrected chi connectivity index (χ1v) is 6.99. The Labute approximate surface area is 124 Å². The zero-order valence-electron chi connectivity index (χ0n) is 12.0. The van der Waals surface area contributed by atoms with E-state index in [-0.39, 0.29) is 5.91 Å². The van der Waals surface area contributed by atoms with Crippen LogP contribution >= 0.6 is 0 Å². The molecule has 0 saturated heterocycles.